The molecule has 1 heterocycles. The fourth-order valence-electron chi connectivity index (χ4n) is 1.98. The topological polar surface area (TPSA) is 47.6 Å². The number of rotatable bonds is 2. The second-order valence-corrected chi connectivity index (χ2v) is 5.73. The van der Waals surface area contributed by atoms with Crippen molar-refractivity contribution in [1.29, 1.82) is 0 Å². The molecule has 0 unspecified atom stereocenters. The summed E-state index contributed by atoms with van der Waals surface area (Å²) in [5.74, 6) is 1.04. The van der Waals surface area contributed by atoms with Crippen LogP contribution in [0.1, 0.15) is 10.4 Å². The molecular weight excluding hydrogens is 358 g/mol. The second-order valence-electron chi connectivity index (χ2n) is 4.44. The number of anilines is 1. The van der Waals surface area contributed by atoms with Crippen LogP contribution in [0.2, 0.25) is 5.02 Å². The van der Waals surface area contributed by atoms with Gasteiger partial charge in [0.05, 0.1) is 5.69 Å². The highest BCUT2D eigenvalue weighted by Crippen LogP contribution is 2.38. The lowest BCUT2D eigenvalue weighted by Gasteiger charge is -2.20. The van der Waals surface area contributed by atoms with Gasteiger partial charge >= 0.3 is 0 Å². The van der Waals surface area contributed by atoms with Crippen molar-refractivity contribution in [2.75, 3.05) is 18.5 Å². The molecular formula is C15H11BrClNO3. The van der Waals surface area contributed by atoms with Crippen molar-refractivity contribution in [2.45, 2.75) is 0 Å². The van der Waals surface area contributed by atoms with E-state index in [4.69, 9.17) is 21.1 Å². The van der Waals surface area contributed by atoms with Crippen LogP contribution >= 0.6 is 27.5 Å². The Morgan fingerprint density at radius 1 is 1.14 bits per heavy atom. The number of hydrogen-bond acceptors (Lipinski definition) is 3. The smallest absolute Gasteiger partial charge is 0.255 e. The van der Waals surface area contributed by atoms with Gasteiger partial charge in [-0.15, -0.1) is 0 Å². The Labute approximate surface area is 135 Å². The van der Waals surface area contributed by atoms with Crippen LogP contribution in [-0.4, -0.2) is 19.1 Å². The molecule has 2 aromatic rings. The molecule has 4 nitrogen and oxygen atoms in total. The molecule has 1 aliphatic rings. The average Bonchev–Trinajstić information content (AvgIpc) is 2.48. The number of carbonyl (C=O) groups excluding carboxylic acids is 1. The fraction of sp³-hybridized carbons (Fsp3) is 0.133. The number of amides is 1. The number of fused-ring (bicyclic) bond motifs is 1. The Balaban J connectivity index is 1.86. The van der Waals surface area contributed by atoms with Crippen LogP contribution in [-0.2, 0) is 0 Å². The zero-order chi connectivity index (χ0) is 14.8. The molecule has 1 N–H and O–H groups in total. The summed E-state index contributed by atoms with van der Waals surface area (Å²) in [6, 6.07) is 10.3. The maximum Gasteiger partial charge on any atom is 0.255 e. The summed E-state index contributed by atoms with van der Waals surface area (Å²) in [4.78, 5) is 12.2. The zero-order valence-electron chi connectivity index (χ0n) is 10.9. The molecule has 108 valence electrons. The van der Waals surface area contributed by atoms with E-state index in [1.807, 2.05) is 0 Å². The van der Waals surface area contributed by atoms with Crippen molar-refractivity contribution < 1.29 is 14.3 Å². The van der Waals surface area contributed by atoms with E-state index in [-0.39, 0.29) is 5.91 Å². The van der Waals surface area contributed by atoms with Crippen molar-refractivity contribution in [3.63, 3.8) is 0 Å². The quantitative estimate of drug-likeness (QED) is 0.867. The molecule has 0 saturated heterocycles. The molecule has 0 radical (unpaired) electrons. The third-order valence-corrected chi connectivity index (χ3v) is 3.86. The van der Waals surface area contributed by atoms with Gasteiger partial charge in [0, 0.05) is 27.2 Å². The lowest BCUT2D eigenvalue weighted by atomic mass is 10.2. The maximum atomic E-state index is 12.2. The summed E-state index contributed by atoms with van der Waals surface area (Å²) in [6.07, 6.45) is 0. The van der Waals surface area contributed by atoms with Crippen LogP contribution in [0.15, 0.2) is 40.9 Å². The van der Waals surface area contributed by atoms with Gasteiger partial charge in [-0.25, -0.2) is 0 Å². The predicted octanol–water partition coefficient (Wildman–Crippen LogP) is 4.13. The summed E-state index contributed by atoms with van der Waals surface area (Å²) in [6.45, 7) is 1.02. The van der Waals surface area contributed by atoms with E-state index in [9.17, 15) is 4.79 Å². The molecule has 1 aliphatic heterocycles. The summed E-state index contributed by atoms with van der Waals surface area (Å²) in [7, 11) is 0. The summed E-state index contributed by atoms with van der Waals surface area (Å²) < 4.78 is 11.7. The molecule has 0 fully saturated rings. The van der Waals surface area contributed by atoms with E-state index in [0.29, 0.717) is 41.0 Å². The summed E-state index contributed by atoms with van der Waals surface area (Å²) >= 11 is 9.31. The van der Waals surface area contributed by atoms with E-state index in [1.54, 1.807) is 36.4 Å². The predicted molar refractivity (Wildman–Crippen MR) is 84.5 cm³/mol. The van der Waals surface area contributed by atoms with Crippen LogP contribution < -0.4 is 14.8 Å². The van der Waals surface area contributed by atoms with Gasteiger partial charge in [-0.2, -0.15) is 0 Å². The van der Waals surface area contributed by atoms with Crippen molar-refractivity contribution in [1.82, 2.24) is 0 Å². The first-order valence-electron chi connectivity index (χ1n) is 6.29. The molecule has 0 spiro atoms. The minimum absolute atomic E-state index is 0.241. The summed E-state index contributed by atoms with van der Waals surface area (Å²) in [5, 5.41) is 3.34. The molecule has 6 heteroatoms. The summed E-state index contributed by atoms with van der Waals surface area (Å²) in [5.41, 5.74) is 1.11. The molecule has 0 atom stereocenters. The first-order valence-corrected chi connectivity index (χ1v) is 7.46. The highest BCUT2D eigenvalue weighted by Gasteiger charge is 2.16. The largest absolute Gasteiger partial charge is 0.486 e. The van der Waals surface area contributed by atoms with E-state index < -0.39 is 0 Å². The van der Waals surface area contributed by atoms with Gasteiger partial charge < -0.3 is 14.8 Å². The highest BCUT2D eigenvalue weighted by molar-refractivity contribution is 9.10. The van der Waals surface area contributed by atoms with Crippen molar-refractivity contribution in [3.8, 4) is 11.5 Å². The molecule has 0 saturated carbocycles. The van der Waals surface area contributed by atoms with Gasteiger partial charge in [-0.1, -0.05) is 17.7 Å². The molecule has 0 aromatic heterocycles. The van der Waals surface area contributed by atoms with Gasteiger partial charge in [-0.05, 0) is 34.1 Å². The lowest BCUT2D eigenvalue weighted by Crippen LogP contribution is -2.17. The van der Waals surface area contributed by atoms with Crippen LogP contribution in [0.25, 0.3) is 0 Å². The van der Waals surface area contributed by atoms with Crippen LogP contribution in [0.3, 0.4) is 0 Å². The number of carbonyl (C=O) groups is 1. The van der Waals surface area contributed by atoms with E-state index >= 15 is 0 Å². The second kappa shape index (κ2) is 5.95. The number of nitrogens with one attached hydrogen (secondary N) is 1. The van der Waals surface area contributed by atoms with Gasteiger partial charge in [0.25, 0.3) is 5.91 Å². The fourth-order valence-corrected chi connectivity index (χ4v) is 2.60. The van der Waals surface area contributed by atoms with E-state index in [2.05, 4.69) is 21.2 Å². The molecule has 0 aliphatic carbocycles. The number of ether oxygens (including phenoxy) is 2. The number of halogens is 2. The van der Waals surface area contributed by atoms with Gasteiger partial charge in [0.2, 0.25) is 0 Å². The molecule has 21 heavy (non-hydrogen) atoms. The Morgan fingerprint density at radius 2 is 1.86 bits per heavy atom. The van der Waals surface area contributed by atoms with Crippen LogP contribution in [0.5, 0.6) is 11.5 Å². The van der Waals surface area contributed by atoms with Crippen LogP contribution in [0.4, 0.5) is 5.69 Å². The maximum absolute atomic E-state index is 12.2. The number of benzene rings is 2. The Kier molecular flexibility index (Phi) is 4.03. The van der Waals surface area contributed by atoms with Gasteiger partial charge in [-0.3, -0.25) is 4.79 Å². The van der Waals surface area contributed by atoms with Crippen molar-refractivity contribution in [3.05, 3.63) is 51.5 Å². The average molecular weight is 369 g/mol. The van der Waals surface area contributed by atoms with Gasteiger partial charge in [0.1, 0.15) is 13.2 Å². The standard InChI is InChI=1S/C15H11BrClNO3/c16-11-7-13-14(21-5-4-20-13)8-12(11)18-15(19)9-2-1-3-10(17)6-9/h1-3,6-8H,4-5H2,(H,18,19). The Bertz CT molecular complexity index is 705. The van der Waals surface area contributed by atoms with E-state index in [0.717, 1.165) is 4.47 Å². The lowest BCUT2D eigenvalue weighted by molar-refractivity contribution is 0.102. The first kappa shape index (κ1) is 14.2. The first-order chi connectivity index (χ1) is 10.1. The SMILES string of the molecule is O=C(Nc1cc2c(cc1Br)OCCO2)c1cccc(Cl)c1. The Hall–Kier alpha value is -1.72. The molecule has 3 rings (SSSR count). The number of hydrogen-bond donors (Lipinski definition) is 1. The minimum atomic E-state index is -0.241. The minimum Gasteiger partial charge on any atom is -0.486 e. The third-order valence-electron chi connectivity index (χ3n) is 2.97. The normalized spacial score (nSPS) is 12.9. The van der Waals surface area contributed by atoms with Gasteiger partial charge in [0.15, 0.2) is 11.5 Å². The zero-order valence-corrected chi connectivity index (χ0v) is 13.2. The molecule has 2 aromatic carbocycles. The van der Waals surface area contributed by atoms with Crippen LogP contribution in [0, 0.1) is 0 Å². The molecule has 0 bridgehead atoms. The third kappa shape index (κ3) is 3.14. The Morgan fingerprint density at radius 3 is 2.57 bits per heavy atom. The van der Waals surface area contributed by atoms with E-state index in [1.165, 1.54) is 0 Å². The highest BCUT2D eigenvalue weighted by atomic mass is 79.9. The van der Waals surface area contributed by atoms with Crippen molar-refractivity contribution in [2.24, 2.45) is 0 Å². The van der Waals surface area contributed by atoms with Crippen molar-refractivity contribution >= 4 is 39.1 Å². The monoisotopic (exact) mass is 367 g/mol. The molecule has 1 amide bonds.